The fraction of sp³-hybridized carbons (Fsp3) is 0.625. The minimum absolute atomic E-state index is 0. The van der Waals surface area contributed by atoms with Crippen molar-refractivity contribution in [1.82, 2.24) is 5.32 Å². The van der Waals surface area contributed by atoms with Crippen LogP contribution in [-0.2, 0) is 16.0 Å². The first-order valence-electron chi connectivity index (χ1n) is 14.2. The molecular weight excluding hydrogens is 514 g/mol. The maximum absolute atomic E-state index is 13.7. The Morgan fingerprint density at radius 3 is 2.64 bits per heavy atom. The molecule has 214 valence electrons. The van der Waals surface area contributed by atoms with Crippen molar-refractivity contribution in [3.8, 4) is 11.5 Å². The van der Waals surface area contributed by atoms with Gasteiger partial charge in [0, 0.05) is 29.4 Å². The Morgan fingerprint density at radius 2 is 1.92 bits per heavy atom. The molecule has 1 aromatic carbocycles. The monoisotopic (exact) mass is 557 g/mol. The maximum Gasteiger partial charge on any atom is 0.178 e. The Morgan fingerprint density at radius 1 is 1.15 bits per heavy atom. The van der Waals surface area contributed by atoms with Gasteiger partial charge in [0.25, 0.3) is 0 Å². The summed E-state index contributed by atoms with van der Waals surface area (Å²) in [6.07, 6.45) is 10.5. The summed E-state index contributed by atoms with van der Waals surface area (Å²) < 4.78 is 10.8. The number of hydrogen-bond acceptors (Lipinski definition) is 6. The quantitative estimate of drug-likeness (QED) is 0.416. The highest BCUT2D eigenvalue weighted by atomic mass is 35.5. The van der Waals surface area contributed by atoms with Crippen LogP contribution in [0.15, 0.2) is 41.5 Å². The number of methoxy groups -OCH3 is 2. The van der Waals surface area contributed by atoms with Gasteiger partial charge < -0.3 is 19.9 Å². The van der Waals surface area contributed by atoms with E-state index in [1.165, 1.54) is 11.1 Å². The van der Waals surface area contributed by atoms with Crippen LogP contribution in [0.4, 0.5) is 0 Å². The molecule has 1 unspecified atom stereocenters. The first kappa shape index (κ1) is 29.8. The lowest BCUT2D eigenvalue weighted by molar-refractivity contribution is -0.152. The van der Waals surface area contributed by atoms with Crippen LogP contribution >= 0.6 is 12.4 Å². The predicted molar refractivity (Wildman–Crippen MR) is 155 cm³/mol. The molecular formula is C32H44ClNO5. The number of aliphatic hydroxyl groups is 1. The van der Waals surface area contributed by atoms with Crippen LogP contribution in [0.2, 0.25) is 0 Å². The van der Waals surface area contributed by atoms with Crippen LogP contribution in [0.3, 0.4) is 0 Å². The van der Waals surface area contributed by atoms with Crippen molar-refractivity contribution in [2.45, 2.75) is 83.8 Å². The third kappa shape index (κ3) is 4.87. The molecule has 2 saturated carbocycles. The van der Waals surface area contributed by atoms with Crippen LogP contribution in [0.5, 0.6) is 11.5 Å². The number of carbonyl (C=O) groups is 2. The zero-order chi connectivity index (χ0) is 27.3. The zero-order valence-electron chi connectivity index (χ0n) is 24.0. The molecule has 0 amide bonds. The fourth-order valence-corrected chi connectivity index (χ4v) is 8.16. The van der Waals surface area contributed by atoms with E-state index in [1.54, 1.807) is 14.2 Å². The molecule has 0 bridgehead atoms. The number of hydrogen-bond donors (Lipinski definition) is 2. The van der Waals surface area contributed by atoms with Gasteiger partial charge in [-0.25, -0.2) is 0 Å². The minimum atomic E-state index is -1.33. The maximum atomic E-state index is 13.7. The molecule has 4 aliphatic rings. The molecule has 0 aromatic heterocycles. The standard InChI is InChI=1S/C32H43NO5.ClH/c1-20(16-21-6-8-24(37-4)18-28(21)38-5)33-19-29(35)32(36)15-12-27-25-9-7-22-17-23(34)10-13-30(22,2)26(25)11-14-31(27,32)3;/h6,8,11,17-18,20,25,27,33,36H,7,9-10,12-16,19H2,1-5H3;1H/t20?,25-,27+,30+,31+,32+;/m1./s1. The number of nitrogens with one attached hydrogen (secondary N) is 1. The smallest absolute Gasteiger partial charge is 0.178 e. The lowest BCUT2D eigenvalue weighted by Crippen LogP contribution is -2.57. The van der Waals surface area contributed by atoms with E-state index < -0.39 is 11.0 Å². The highest BCUT2D eigenvalue weighted by Gasteiger charge is 2.64. The molecule has 6 nitrogen and oxygen atoms in total. The predicted octanol–water partition coefficient (Wildman–Crippen LogP) is 5.40. The van der Waals surface area contributed by atoms with E-state index in [2.05, 4.69) is 32.2 Å². The molecule has 6 atom stereocenters. The number of benzene rings is 1. The van der Waals surface area contributed by atoms with E-state index in [9.17, 15) is 14.7 Å². The average Bonchev–Trinajstić information content (AvgIpc) is 3.19. The van der Waals surface area contributed by atoms with Crippen LogP contribution in [-0.4, -0.2) is 49.1 Å². The molecule has 5 rings (SSSR count). The Kier molecular flexibility index (Phi) is 8.43. The lowest BCUT2D eigenvalue weighted by atomic mass is 9.50. The van der Waals surface area contributed by atoms with E-state index in [4.69, 9.17) is 9.47 Å². The number of fused-ring (bicyclic) bond motifs is 5. The molecule has 1 aromatic rings. The minimum Gasteiger partial charge on any atom is -0.497 e. The van der Waals surface area contributed by atoms with E-state index in [0.717, 1.165) is 42.7 Å². The third-order valence-electron chi connectivity index (χ3n) is 10.6. The van der Waals surface area contributed by atoms with E-state index in [0.29, 0.717) is 31.6 Å². The second-order valence-electron chi connectivity index (χ2n) is 12.5. The van der Waals surface area contributed by atoms with Gasteiger partial charge in [-0.3, -0.25) is 9.59 Å². The van der Waals surface area contributed by atoms with E-state index in [1.807, 2.05) is 24.3 Å². The molecule has 4 aliphatic carbocycles. The van der Waals surface area contributed by atoms with Gasteiger partial charge in [-0.15, -0.1) is 12.4 Å². The van der Waals surface area contributed by atoms with Gasteiger partial charge in [0.2, 0.25) is 0 Å². The van der Waals surface area contributed by atoms with Crippen molar-refractivity contribution in [2.24, 2.45) is 22.7 Å². The summed E-state index contributed by atoms with van der Waals surface area (Å²) >= 11 is 0. The van der Waals surface area contributed by atoms with Crippen molar-refractivity contribution in [3.05, 3.63) is 47.1 Å². The second kappa shape index (κ2) is 11.0. The number of halogens is 1. The molecule has 39 heavy (non-hydrogen) atoms. The molecule has 0 spiro atoms. The summed E-state index contributed by atoms with van der Waals surface area (Å²) in [5.41, 5.74) is 1.95. The van der Waals surface area contributed by atoms with Gasteiger partial charge >= 0.3 is 0 Å². The van der Waals surface area contributed by atoms with Crippen molar-refractivity contribution in [1.29, 1.82) is 0 Å². The molecule has 0 heterocycles. The van der Waals surface area contributed by atoms with Crippen LogP contribution < -0.4 is 14.8 Å². The number of Topliss-reactive ketones (excluding diaryl/α,β-unsaturated/α-hetero) is 1. The molecule has 2 N–H and O–H groups in total. The number of ketones is 2. The molecule has 0 saturated heterocycles. The van der Waals surface area contributed by atoms with Gasteiger partial charge in [-0.2, -0.15) is 0 Å². The first-order valence-corrected chi connectivity index (χ1v) is 14.2. The van der Waals surface area contributed by atoms with Gasteiger partial charge in [0.1, 0.15) is 17.1 Å². The van der Waals surface area contributed by atoms with Gasteiger partial charge in [0.05, 0.1) is 20.8 Å². The number of ether oxygens (including phenoxy) is 2. The summed E-state index contributed by atoms with van der Waals surface area (Å²) in [7, 11) is 3.28. The average molecular weight is 558 g/mol. The van der Waals surface area contributed by atoms with Crippen LogP contribution in [0.1, 0.15) is 71.3 Å². The fourth-order valence-electron chi connectivity index (χ4n) is 8.16. The van der Waals surface area contributed by atoms with Gasteiger partial charge in [-0.1, -0.05) is 37.1 Å². The summed E-state index contributed by atoms with van der Waals surface area (Å²) in [5.74, 6) is 2.33. The van der Waals surface area contributed by atoms with Crippen molar-refractivity contribution >= 4 is 24.0 Å². The summed E-state index contributed by atoms with van der Waals surface area (Å²) in [6, 6.07) is 5.81. The Hall–Kier alpha value is -2.15. The van der Waals surface area contributed by atoms with Crippen LogP contribution in [0.25, 0.3) is 0 Å². The highest BCUT2D eigenvalue weighted by Crippen LogP contribution is 2.65. The molecule has 7 heteroatoms. The van der Waals surface area contributed by atoms with Gasteiger partial charge in [-0.05, 0) is 81.4 Å². The topological polar surface area (TPSA) is 84.9 Å². The van der Waals surface area contributed by atoms with E-state index >= 15 is 0 Å². The van der Waals surface area contributed by atoms with Crippen LogP contribution in [0, 0.1) is 22.7 Å². The zero-order valence-corrected chi connectivity index (χ0v) is 24.8. The normalized spacial score (nSPS) is 33.9. The molecule has 2 fully saturated rings. The Labute approximate surface area is 239 Å². The lowest BCUT2D eigenvalue weighted by Gasteiger charge is -2.54. The summed E-state index contributed by atoms with van der Waals surface area (Å²) in [5, 5.41) is 15.3. The molecule has 0 radical (unpaired) electrons. The first-order chi connectivity index (χ1) is 18.1. The SMILES string of the molecule is COc1ccc(CC(C)NCC(=O)[C@@]2(O)CC[C@H]3[C@@H]4CCC5=CC(=O)CC[C@]5(C)C4=CC[C@@]32C)c(OC)c1.Cl. The summed E-state index contributed by atoms with van der Waals surface area (Å²) in [4.78, 5) is 25.8. The Balaban J connectivity index is 0.00000353. The Bertz CT molecular complexity index is 1190. The van der Waals surface area contributed by atoms with Crippen molar-refractivity contribution in [3.63, 3.8) is 0 Å². The van der Waals surface area contributed by atoms with E-state index in [-0.39, 0.29) is 47.9 Å². The number of rotatable bonds is 8. The number of carbonyl (C=O) groups excluding carboxylic acids is 2. The highest BCUT2D eigenvalue weighted by molar-refractivity contribution is 5.92. The largest absolute Gasteiger partial charge is 0.497 e. The summed E-state index contributed by atoms with van der Waals surface area (Å²) in [6.45, 7) is 6.64. The third-order valence-corrected chi connectivity index (χ3v) is 10.6. The number of allylic oxidation sites excluding steroid dienone is 4. The second-order valence-corrected chi connectivity index (χ2v) is 12.5. The molecule has 0 aliphatic heterocycles. The van der Waals surface area contributed by atoms with Crippen molar-refractivity contribution < 1.29 is 24.2 Å². The van der Waals surface area contributed by atoms with Gasteiger partial charge in [0.15, 0.2) is 11.6 Å². The van der Waals surface area contributed by atoms with Crippen molar-refractivity contribution in [2.75, 3.05) is 20.8 Å².